The van der Waals surface area contributed by atoms with Crippen molar-refractivity contribution in [1.29, 1.82) is 0 Å². The monoisotopic (exact) mass is 325 g/mol. The second-order valence-corrected chi connectivity index (χ2v) is 6.30. The average molecular weight is 325 g/mol. The molecule has 2 N–H and O–H groups in total. The molecule has 6 heteroatoms. The van der Waals surface area contributed by atoms with Gasteiger partial charge >= 0.3 is 0 Å². The van der Waals surface area contributed by atoms with Crippen molar-refractivity contribution in [2.24, 2.45) is 5.92 Å². The quantitative estimate of drug-likeness (QED) is 0.701. The molecule has 3 aromatic rings. The number of carbonyl (C=O) groups excluding carboxylic acids is 1. The molecule has 126 valence electrons. The van der Waals surface area contributed by atoms with Crippen LogP contribution < -0.4 is 5.32 Å². The summed E-state index contributed by atoms with van der Waals surface area (Å²) >= 11 is 0. The SMILES string of the molecule is CC(C)[C@@H](NC(=O)CCCn1cccn1)c1nc2ccccc2[nH]1. The van der Waals surface area contributed by atoms with Gasteiger partial charge in [0, 0.05) is 25.4 Å². The third-order valence-corrected chi connectivity index (χ3v) is 4.04. The number of H-pyrrole nitrogens is 1. The summed E-state index contributed by atoms with van der Waals surface area (Å²) in [6.45, 7) is 4.92. The van der Waals surface area contributed by atoms with Crippen molar-refractivity contribution in [3.63, 3.8) is 0 Å². The Bertz CT molecular complexity index is 758. The molecule has 0 spiro atoms. The molecule has 0 bridgehead atoms. The van der Waals surface area contributed by atoms with Gasteiger partial charge in [-0.15, -0.1) is 0 Å². The van der Waals surface area contributed by atoms with E-state index in [0.717, 1.165) is 29.8 Å². The highest BCUT2D eigenvalue weighted by molar-refractivity contribution is 5.77. The highest BCUT2D eigenvalue weighted by Crippen LogP contribution is 2.22. The summed E-state index contributed by atoms with van der Waals surface area (Å²) < 4.78 is 1.84. The van der Waals surface area contributed by atoms with Crippen LogP contribution in [0.25, 0.3) is 11.0 Å². The lowest BCUT2D eigenvalue weighted by molar-refractivity contribution is -0.122. The summed E-state index contributed by atoms with van der Waals surface area (Å²) in [5, 5.41) is 7.26. The van der Waals surface area contributed by atoms with E-state index < -0.39 is 0 Å². The topological polar surface area (TPSA) is 75.6 Å². The number of rotatable bonds is 7. The number of imidazole rings is 1. The summed E-state index contributed by atoms with van der Waals surface area (Å²) in [5.41, 5.74) is 1.91. The number of nitrogens with one attached hydrogen (secondary N) is 2. The molecule has 0 aliphatic heterocycles. The molecule has 0 radical (unpaired) electrons. The smallest absolute Gasteiger partial charge is 0.220 e. The molecule has 1 atom stereocenters. The Hall–Kier alpha value is -2.63. The van der Waals surface area contributed by atoms with E-state index in [-0.39, 0.29) is 17.9 Å². The standard InChI is InChI=1S/C18H23N5O/c1-13(2)17(18-20-14-7-3-4-8-15(14)21-18)22-16(24)9-5-11-23-12-6-10-19-23/h3-4,6-8,10,12-13,17H,5,9,11H2,1-2H3,(H,20,21)(H,22,24)/t17-/m1/s1. The maximum atomic E-state index is 12.3. The molecule has 0 fully saturated rings. The van der Waals surface area contributed by atoms with E-state index in [1.165, 1.54) is 0 Å². The molecule has 0 saturated carbocycles. The van der Waals surface area contributed by atoms with Crippen LogP contribution in [0.1, 0.15) is 38.6 Å². The first-order chi connectivity index (χ1) is 11.6. The van der Waals surface area contributed by atoms with Gasteiger partial charge in [0.05, 0.1) is 17.1 Å². The molecule has 0 aliphatic rings. The van der Waals surface area contributed by atoms with Gasteiger partial charge < -0.3 is 10.3 Å². The highest BCUT2D eigenvalue weighted by Gasteiger charge is 2.21. The Balaban J connectivity index is 1.61. The number of carbonyl (C=O) groups is 1. The first-order valence-electron chi connectivity index (χ1n) is 8.35. The summed E-state index contributed by atoms with van der Waals surface area (Å²) in [6, 6.07) is 9.67. The summed E-state index contributed by atoms with van der Waals surface area (Å²) in [4.78, 5) is 20.2. The van der Waals surface area contributed by atoms with E-state index in [1.807, 2.05) is 41.2 Å². The molecular formula is C18H23N5O. The molecule has 1 amide bonds. The van der Waals surface area contributed by atoms with Gasteiger partial charge in [-0.3, -0.25) is 9.48 Å². The third kappa shape index (κ3) is 3.82. The fraction of sp³-hybridized carbons (Fsp3) is 0.389. The zero-order valence-electron chi connectivity index (χ0n) is 14.1. The van der Waals surface area contributed by atoms with Crippen molar-refractivity contribution < 1.29 is 4.79 Å². The lowest BCUT2D eigenvalue weighted by Gasteiger charge is -2.20. The van der Waals surface area contributed by atoms with Crippen LogP contribution in [0, 0.1) is 5.92 Å². The molecular weight excluding hydrogens is 302 g/mol. The van der Waals surface area contributed by atoms with Crippen molar-refractivity contribution in [2.45, 2.75) is 39.3 Å². The van der Waals surface area contributed by atoms with Gasteiger partial charge in [0.25, 0.3) is 0 Å². The Morgan fingerprint density at radius 1 is 1.29 bits per heavy atom. The van der Waals surface area contributed by atoms with Gasteiger partial charge in [0.1, 0.15) is 5.82 Å². The van der Waals surface area contributed by atoms with Gasteiger partial charge in [-0.25, -0.2) is 4.98 Å². The van der Waals surface area contributed by atoms with Crippen LogP contribution in [0.5, 0.6) is 0 Å². The number of fused-ring (bicyclic) bond motifs is 1. The maximum absolute atomic E-state index is 12.3. The third-order valence-electron chi connectivity index (χ3n) is 4.04. The Kier molecular flexibility index (Phi) is 4.93. The van der Waals surface area contributed by atoms with Crippen LogP contribution in [0.2, 0.25) is 0 Å². The van der Waals surface area contributed by atoms with E-state index in [4.69, 9.17) is 0 Å². The maximum Gasteiger partial charge on any atom is 0.220 e. The number of aryl methyl sites for hydroxylation is 1. The van der Waals surface area contributed by atoms with E-state index in [0.29, 0.717) is 6.42 Å². The van der Waals surface area contributed by atoms with Crippen LogP contribution in [-0.4, -0.2) is 25.7 Å². The van der Waals surface area contributed by atoms with Crippen molar-refractivity contribution in [1.82, 2.24) is 25.1 Å². The minimum atomic E-state index is -0.116. The number of aromatic amines is 1. The molecule has 0 unspecified atom stereocenters. The number of para-hydroxylation sites is 2. The number of amides is 1. The van der Waals surface area contributed by atoms with Crippen LogP contribution in [0.15, 0.2) is 42.7 Å². The number of hydrogen-bond acceptors (Lipinski definition) is 3. The fourth-order valence-corrected chi connectivity index (χ4v) is 2.75. The average Bonchev–Trinajstić information content (AvgIpc) is 3.21. The molecule has 6 nitrogen and oxygen atoms in total. The molecule has 3 rings (SSSR count). The Morgan fingerprint density at radius 3 is 2.83 bits per heavy atom. The van der Waals surface area contributed by atoms with Crippen LogP contribution >= 0.6 is 0 Å². The fourth-order valence-electron chi connectivity index (χ4n) is 2.75. The van der Waals surface area contributed by atoms with Crippen molar-refractivity contribution in [2.75, 3.05) is 0 Å². The van der Waals surface area contributed by atoms with Gasteiger partial charge in [-0.05, 0) is 30.5 Å². The Labute approximate surface area is 141 Å². The summed E-state index contributed by atoms with van der Waals surface area (Å²) in [7, 11) is 0. The molecule has 0 saturated heterocycles. The molecule has 24 heavy (non-hydrogen) atoms. The van der Waals surface area contributed by atoms with Gasteiger partial charge in [0.2, 0.25) is 5.91 Å². The first-order valence-corrected chi connectivity index (χ1v) is 8.35. The first kappa shape index (κ1) is 16.2. The summed E-state index contributed by atoms with van der Waals surface area (Å²) in [5.74, 6) is 1.11. The predicted molar refractivity (Wildman–Crippen MR) is 93.3 cm³/mol. The Morgan fingerprint density at radius 2 is 2.12 bits per heavy atom. The number of benzene rings is 1. The molecule has 2 aromatic heterocycles. The van der Waals surface area contributed by atoms with Crippen LogP contribution in [0.4, 0.5) is 0 Å². The van der Waals surface area contributed by atoms with Crippen molar-refractivity contribution >= 4 is 16.9 Å². The lowest BCUT2D eigenvalue weighted by Crippen LogP contribution is -2.32. The second kappa shape index (κ2) is 7.29. The lowest BCUT2D eigenvalue weighted by atomic mass is 10.0. The highest BCUT2D eigenvalue weighted by atomic mass is 16.1. The van der Waals surface area contributed by atoms with E-state index in [2.05, 4.69) is 34.2 Å². The minimum Gasteiger partial charge on any atom is -0.346 e. The molecule has 1 aromatic carbocycles. The minimum absolute atomic E-state index is 0.0429. The molecule has 2 heterocycles. The zero-order chi connectivity index (χ0) is 16.9. The second-order valence-electron chi connectivity index (χ2n) is 6.30. The molecule has 0 aliphatic carbocycles. The van der Waals surface area contributed by atoms with E-state index in [1.54, 1.807) is 6.20 Å². The zero-order valence-corrected chi connectivity index (χ0v) is 14.1. The van der Waals surface area contributed by atoms with Crippen molar-refractivity contribution in [3.05, 3.63) is 48.5 Å². The number of nitrogens with zero attached hydrogens (tertiary/aromatic N) is 3. The largest absolute Gasteiger partial charge is 0.346 e. The van der Waals surface area contributed by atoms with Gasteiger partial charge in [-0.1, -0.05) is 26.0 Å². The van der Waals surface area contributed by atoms with Gasteiger partial charge in [-0.2, -0.15) is 5.10 Å². The van der Waals surface area contributed by atoms with Crippen molar-refractivity contribution in [3.8, 4) is 0 Å². The number of hydrogen-bond donors (Lipinski definition) is 2. The number of aromatic nitrogens is 4. The predicted octanol–water partition coefficient (Wildman–Crippen LogP) is 3.05. The van der Waals surface area contributed by atoms with Crippen LogP contribution in [-0.2, 0) is 11.3 Å². The van der Waals surface area contributed by atoms with Crippen LogP contribution in [0.3, 0.4) is 0 Å². The van der Waals surface area contributed by atoms with E-state index >= 15 is 0 Å². The van der Waals surface area contributed by atoms with E-state index in [9.17, 15) is 4.79 Å². The summed E-state index contributed by atoms with van der Waals surface area (Å²) in [6.07, 6.45) is 4.89. The normalized spacial score (nSPS) is 12.6. The van der Waals surface area contributed by atoms with Gasteiger partial charge in [0.15, 0.2) is 0 Å².